The number of nitrogens with zero attached hydrogens (tertiary/aromatic N) is 3. The molecule has 1 saturated carbocycles. The lowest BCUT2D eigenvalue weighted by molar-refractivity contribution is -0.147. The Morgan fingerprint density at radius 3 is 1.99 bits per heavy atom. The van der Waals surface area contributed by atoms with Crippen LogP contribution in [0.3, 0.4) is 0 Å². The van der Waals surface area contributed by atoms with Crippen LogP contribution in [0.15, 0.2) is 53.9 Å². The molecule has 31 nitrogen and oxygen atoms in total. The predicted molar refractivity (Wildman–Crippen MR) is 430 cm³/mol. The number of fused-ring (bicyclic) bond motifs is 1. The van der Waals surface area contributed by atoms with Crippen molar-refractivity contribution in [1.82, 2.24) is 62.6 Å². The molecule has 1 unspecified atom stereocenters. The number of carboxylic acids is 1. The van der Waals surface area contributed by atoms with E-state index in [1.807, 2.05) is 39.6 Å². The van der Waals surface area contributed by atoms with Crippen molar-refractivity contribution in [2.45, 2.75) is 194 Å². The Balaban J connectivity index is 0.965. The van der Waals surface area contributed by atoms with Gasteiger partial charge in [-0.3, -0.25) is 48.1 Å². The molecule has 115 heavy (non-hydrogen) atoms. The molecule has 6 rings (SSSR count). The number of thiazole rings is 1. The van der Waals surface area contributed by atoms with Gasteiger partial charge in [-0.25, -0.2) is 19.0 Å². The van der Waals surface area contributed by atoms with Gasteiger partial charge < -0.3 is 92.0 Å². The fraction of sp³-hybridized carbons (Fsp3) is 0.659. The molecule has 1 aliphatic heterocycles. The molecule has 10 amide bonds. The standard InChI is InChI=1S/C82H124FN13O18S/c1-9-11-12-21-35-96(78(104)73(55(5)10-2)94-76(103)66-27-20-22-34-95(66)8)67(54(3)4)47-68(77-93-65(53-115-77)75(102)91-58(48-82(6,7)79(105)106)44-57-28-29-63(84)62(83)45-57)114-81(108)86-32-31-85-70(98)50-90-74(101)64(46-56-23-16-15-17-24-56)92-72(100)51-89-71(99)49-88-69(97)30-36-109-38-40-111-42-43-112-41-39-110-37-33-87-80(107)113-52-61-59-25-18-13-14-19-26-60(59)61/h15-17,23-24,28-29,45,53-55,58-61,64,66-68,73H,9-12,18-22,25-27,30-44,46-52,84H2,1-8H3,(H,85,98)(H,86,108)(H,87,107)(H,88,97)(H,89,99)(H,90,101)(H,91,102)(H,92,100)(H,94,103)(H,105,106)/t55-,58-,59-,60+,61?,64-,66+,67+,68+,73-/m0/s1. The summed E-state index contributed by atoms with van der Waals surface area (Å²) < 4.78 is 48.3. The molecule has 3 aromatic rings. The summed E-state index contributed by atoms with van der Waals surface area (Å²) in [7, 11) is 1.91. The molecule has 1 saturated heterocycles. The van der Waals surface area contributed by atoms with E-state index in [1.165, 1.54) is 31.4 Å². The van der Waals surface area contributed by atoms with E-state index in [2.05, 4.69) is 66.6 Å². The van der Waals surface area contributed by atoms with E-state index in [-0.39, 0.29) is 105 Å². The molecule has 2 fully saturated rings. The quantitative estimate of drug-likeness (QED) is 0.0172. The summed E-state index contributed by atoms with van der Waals surface area (Å²) in [5.41, 5.74) is 5.38. The molecule has 12 N–H and O–H groups in total. The largest absolute Gasteiger partial charge is 0.481 e. The van der Waals surface area contributed by atoms with Crippen LogP contribution in [0.25, 0.3) is 0 Å². The van der Waals surface area contributed by atoms with Crippen molar-refractivity contribution >= 4 is 82.4 Å². The van der Waals surface area contributed by atoms with Gasteiger partial charge in [0.15, 0.2) is 6.10 Å². The number of unbranched alkanes of at least 4 members (excludes halogenated alkanes) is 3. The third-order valence-electron chi connectivity index (χ3n) is 20.8. The number of piperidine rings is 1. The highest BCUT2D eigenvalue weighted by atomic mass is 32.1. The van der Waals surface area contributed by atoms with Gasteiger partial charge >= 0.3 is 18.2 Å². The maximum Gasteiger partial charge on any atom is 0.407 e. The highest BCUT2D eigenvalue weighted by molar-refractivity contribution is 7.09. The highest BCUT2D eigenvalue weighted by Gasteiger charge is 2.49. The van der Waals surface area contributed by atoms with Gasteiger partial charge in [0.25, 0.3) is 5.91 Å². The van der Waals surface area contributed by atoms with Gasteiger partial charge in [0.2, 0.25) is 41.4 Å². The molecule has 33 heteroatoms. The Morgan fingerprint density at radius 2 is 1.34 bits per heavy atom. The van der Waals surface area contributed by atoms with Gasteiger partial charge in [-0.1, -0.05) is 103 Å². The van der Waals surface area contributed by atoms with Gasteiger partial charge in [-0.05, 0) is 125 Å². The zero-order chi connectivity index (χ0) is 83.7. The van der Waals surface area contributed by atoms with E-state index >= 15 is 4.79 Å². The molecule has 10 atom stereocenters. The SMILES string of the molecule is CCCCCCN(C(=O)[C@@H](NC(=O)[C@H]1CCCCN1C)[C@@H](C)CC)[C@H](C[C@@H](OC(=O)NCCNC(=O)CNC(=O)[C@H](Cc1ccccc1)NC(=O)CNC(=O)CNC(=O)CCOCCOCCOCCOCCNC(=O)OCC1[C@H]2CCC#CCC[C@@H]12)c1nc(C(=O)N[C@@H](Cc2ccc(N)c(F)c2)CC(C)(C)C(=O)O)cs1)C(C)C. The normalized spacial score (nSPS) is 17.4. The van der Waals surface area contributed by atoms with E-state index in [9.17, 15) is 57.4 Å². The summed E-state index contributed by atoms with van der Waals surface area (Å²) in [5.74, 6) is 1.21. The number of halogens is 1. The summed E-state index contributed by atoms with van der Waals surface area (Å²) in [6.07, 6.45) is 7.65. The number of hydrogen-bond acceptors (Lipinski definition) is 21. The van der Waals surface area contributed by atoms with Crippen LogP contribution in [0.1, 0.15) is 178 Å². The third-order valence-corrected chi connectivity index (χ3v) is 21.8. The Kier molecular flexibility index (Phi) is 42.1. The molecule has 638 valence electrons. The molecular weight excluding hydrogens is 1510 g/mol. The molecular formula is C82H124FN13O18S. The van der Waals surface area contributed by atoms with E-state index in [4.69, 9.17) is 39.1 Å². The zero-order valence-corrected chi connectivity index (χ0v) is 69.0. The lowest BCUT2D eigenvalue weighted by Gasteiger charge is -2.40. The van der Waals surface area contributed by atoms with Crippen molar-refractivity contribution < 1.29 is 90.7 Å². The number of amides is 10. The van der Waals surface area contributed by atoms with Crippen LogP contribution in [-0.4, -0.2) is 234 Å². The minimum atomic E-state index is -1.33. The summed E-state index contributed by atoms with van der Waals surface area (Å²) in [6, 6.07) is 8.98. The van der Waals surface area contributed by atoms with Crippen molar-refractivity contribution in [1.29, 1.82) is 0 Å². The summed E-state index contributed by atoms with van der Waals surface area (Å²) in [6.45, 7) is 15.0. The number of nitrogens with one attached hydrogen (secondary N) is 9. The number of ether oxygens (including phenoxy) is 6. The first-order chi connectivity index (χ1) is 55.2. The number of hydrogen-bond donors (Lipinski definition) is 11. The highest BCUT2D eigenvalue weighted by Crippen LogP contribution is 2.52. The molecule has 0 spiro atoms. The average Bonchev–Trinajstić information content (AvgIpc) is 1.63. The second kappa shape index (κ2) is 51.1. The number of nitrogens with two attached hydrogens (primary N) is 1. The second-order valence-electron chi connectivity index (χ2n) is 30.6. The fourth-order valence-corrected chi connectivity index (χ4v) is 14.7. The van der Waals surface area contributed by atoms with Crippen molar-refractivity contribution in [3.05, 3.63) is 81.6 Å². The lowest BCUT2D eigenvalue weighted by Crippen LogP contribution is -2.59. The first-order valence-corrected chi connectivity index (χ1v) is 41.4. The van der Waals surface area contributed by atoms with Crippen LogP contribution in [0.4, 0.5) is 19.7 Å². The van der Waals surface area contributed by atoms with Gasteiger partial charge in [0.05, 0.1) is 96.2 Å². The van der Waals surface area contributed by atoms with E-state index in [1.54, 1.807) is 41.3 Å². The number of benzene rings is 2. The Bertz CT molecular complexity index is 3640. The summed E-state index contributed by atoms with van der Waals surface area (Å²) >= 11 is 1.02. The first-order valence-electron chi connectivity index (χ1n) is 40.6. The van der Waals surface area contributed by atoms with E-state index < -0.39 is 121 Å². The van der Waals surface area contributed by atoms with Crippen LogP contribution >= 0.6 is 11.3 Å². The third kappa shape index (κ3) is 34.7. The minimum absolute atomic E-state index is 0.00795. The van der Waals surface area contributed by atoms with Crippen molar-refractivity contribution in [3.63, 3.8) is 0 Å². The van der Waals surface area contributed by atoms with Gasteiger partial charge in [0, 0.05) is 75.7 Å². The maximum absolute atomic E-state index is 15.4. The van der Waals surface area contributed by atoms with Gasteiger partial charge in [0.1, 0.15) is 28.6 Å². The molecule has 3 aliphatic rings. The molecule has 1 aromatic heterocycles. The fourth-order valence-electron chi connectivity index (χ4n) is 13.9. The maximum atomic E-state index is 15.4. The Morgan fingerprint density at radius 1 is 0.704 bits per heavy atom. The number of carbonyl (C=O) groups excluding carboxylic acids is 10. The first kappa shape index (κ1) is 94.8. The Labute approximate surface area is 679 Å². The van der Waals surface area contributed by atoms with Gasteiger partial charge in [-0.2, -0.15) is 0 Å². The molecule has 0 bridgehead atoms. The predicted octanol–water partition coefficient (Wildman–Crippen LogP) is 6.13. The molecule has 2 aliphatic carbocycles. The number of carboxylic acid groups (broad SMARTS) is 1. The number of aromatic nitrogens is 1. The number of likely N-dealkylation sites (N-methyl/N-ethyl adjacent to an activating group) is 1. The Hall–Kier alpha value is -9.07. The van der Waals surface area contributed by atoms with Crippen LogP contribution in [0.2, 0.25) is 0 Å². The van der Waals surface area contributed by atoms with Crippen molar-refractivity contribution in [2.24, 2.45) is 35.0 Å². The van der Waals surface area contributed by atoms with E-state index in [0.29, 0.717) is 101 Å². The van der Waals surface area contributed by atoms with Crippen LogP contribution < -0.4 is 53.6 Å². The van der Waals surface area contributed by atoms with Crippen molar-refractivity contribution in [3.8, 4) is 11.8 Å². The zero-order valence-electron chi connectivity index (χ0n) is 68.2. The lowest BCUT2D eigenvalue weighted by atomic mass is 9.84. The van der Waals surface area contributed by atoms with Gasteiger partial charge in [-0.15, -0.1) is 23.2 Å². The molecule has 0 radical (unpaired) electrons. The van der Waals surface area contributed by atoms with Crippen LogP contribution in [0, 0.1) is 52.7 Å². The number of aliphatic carboxylic acids is 1. The number of anilines is 1. The number of rotatable bonds is 53. The van der Waals surface area contributed by atoms with E-state index in [0.717, 1.165) is 75.7 Å². The average molecular weight is 1630 g/mol. The number of likely N-dealkylation sites (tertiary alicyclic amines) is 1. The van der Waals surface area contributed by atoms with Crippen molar-refractivity contribution in [2.75, 3.05) is 125 Å². The number of carbonyl (C=O) groups is 11. The monoisotopic (exact) mass is 1630 g/mol. The molecule has 2 heterocycles. The summed E-state index contributed by atoms with van der Waals surface area (Å²) in [5, 5.41) is 35.8. The summed E-state index contributed by atoms with van der Waals surface area (Å²) in [4.78, 5) is 156. The second-order valence-corrected chi connectivity index (χ2v) is 31.5. The van der Waals surface area contributed by atoms with Crippen LogP contribution in [-0.2, 0) is 79.6 Å². The topological polar surface area (TPSA) is 417 Å². The minimum Gasteiger partial charge on any atom is -0.481 e. The number of alkyl carbamates (subject to hydrolysis) is 2. The smallest absolute Gasteiger partial charge is 0.407 e. The number of nitrogen functional groups attached to an aromatic ring is 1. The van der Waals surface area contributed by atoms with Crippen LogP contribution in [0.5, 0.6) is 0 Å². The molecule has 2 aromatic carbocycles.